The molecule has 0 unspecified atom stereocenters. The minimum absolute atomic E-state index is 0.0380. The molecule has 2 aliphatic heterocycles. The Balaban J connectivity index is 1.36. The minimum atomic E-state index is -0.356. The maximum atomic E-state index is 13.1. The van der Waals surface area contributed by atoms with Gasteiger partial charge in [-0.15, -0.1) is 11.3 Å². The number of thiophene rings is 1. The van der Waals surface area contributed by atoms with E-state index in [1.807, 2.05) is 42.6 Å². The number of rotatable bonds is 2. The van der Waals surface area contributed by atoms with Gasteiger partial charge in [0, 0.05) is 47.9 Å². The van der Waals surface area contributed by atoms with Crippen molar-refractivity contribution in [3.63, 3.8) is 0 Å². The Hall–Kier alpha value is -3.89. The fraction of sp³-hybridized carbons (Fsp3) is 0.367. The van der Waals surface area contributed by atoms with E-state index in [4.69, 9.17) is 14.2 Å². The number of hydrogen-bond donors (Lipinski definition) is 2. The number of benzene rings is 2. The molecule has 1 fully saturated rings. The summed E-state index contributed by atoms with van der Waals surface area (Å²) in [5.41, 5.74) is 1.97. The lowest BCUT2D eigenvalue weighted by molar-refractivity contribution is -0.124. The van der Waals surface area contributed by atoms with Crippen LogP contribution in [-0.4, -0.2) is 61.5 Å². The summed E-state index contributed by atoms with van der Waals surface area (Å²) < 4.78 is 17.8. The van der Waals surface area contributed by atoms with E-state index in [1.165, 1.54) is 7.11 Å². The van der Waals surface area contributed by atoms with E-state index < -0.39 is 0 Å². The van der Waals surface area contributed by atoms with E-state index in [2.05, 4.69) is 10.6 Å². The molecule has 3 amide bonds. The Labute approximate surface area is 237 Å². The van der Waals surface area contributed by atoms with E-state index in [-0.39, 0.29) is 36.3 Å². The van der Waals surface area contributed by atoms with Gasteiger partial charge in [0.1, 0.15) is 17.2 Å². The van der Waals surface area contributed by atoms with Crippen LogP contribution in [0.2, 0.25) is 0 Å². The molecule has 5 rings (SSSR count). The summed E-state index contributed by atoms with van der Waals surface area (Å²) in [5, 5.41) is 7.83. The zero-order chi connectivity index (χ0) is 28.1. The van der Waals surface area contributed by atoms with Crippen molar-refractivity contribution in [1.29, 1.82) is 0 Å². The number of ether oxygens (including phenoxy) is 3. The van der Waals surface area contributed by atoms with Gasteiger partial charge in [0.05, 0.1) is 31.4 Å². The second-order valence-corrected chi connectivity index (χ2v) is 11.1. The van der Waals surface area contributed by atoms with Crippen molar-refractivity contribution in [2.45, 2.75) is 44.9 Å². The molecule has 3 aromatic rings. The van der Waals surface area contributed by atoms with Gasteiger partial charge in [0.25, 0.3) is 11.8 Å². The summed E-state index contributed by atoms with van der Waals surface area (Å²) in [6.45, 7) is 3.52. The summed E-state index contributed by atoms with van der Waals surface area (Å²) >= 11 is 1.54. The molecule has 4 bridgehead atoms. The largest absolute Gasteiger partial charge is 0.497 e. The van der Waals surface area contributed by atoms with Crippen LogP contribution in [0.15, 0.2) is 53.9 Å². The van der Waals surface area contributed by atoms with Crippen LogP contribution in [0.3, 0.4) is 0 Å². The lowest BCUT2D eigenvalue weighted by Gasteiger charge is -2.38. The van der Waals surface area contributed by atoms with Gasteiger partial charge in [-0.1, -0.05) is 12.1 Å². The molecule has 2 aliphatic rings. The van der Waals surface area contributed by atoms with Crippen LogP contribution < -0.4 is 20.1 Å². The number of fused-ring (bicyclic) bond motifs is 5. The number of carbonyl (C=O) groups excluding carboxylic acids is 3. The van der Waals surface area contributed by atoms with Crippen molar-refractivity contribution in [3.8, 4) is 17.2 Å². The number of carbonyl (C=O) groups is 3. The third-order valence-electron chi connectivity index (χ3n) is 7.00. The molecular formula is C30H33N3O6S. The average molecular weight is 564 g/mol. The lowest BCUT2D eigenvalue weighted by Crippen LogP contribution is -2.57. The van der Waals surface area contributed by atoms with Crippen molar-refractivity contribution in [1.82, 2.24) is 15.5 Å². The number of likely N-dealkylation sites (tertiary alicyclic amines) is 1. The maximum Gasteiger partial charge on any atom is 0.254 e. The highest BCUT2D eigenvalue weighted by molar-refractivity contribution is 7.10. The minimum Gasteiger partial charge on any atom is -0.497 e. The van der Waals surface area contributed by atoms with E-state index in [0.29, 0.717) is 67.5 Å². The maximum absolute atomic E-state index is 13.1. The Morgan fingerprint density at radius 1 is 1.12 bits per heavy atom. The third kappa shape index (κ3) is 6.81. The normalized spacial score (nSPS) is 20.2. The highest BCUT2D eigenvalue weighted by Crippen LogP contribution is 2.29. The Morgan fingerprint density at radius 3 is 2.80 bits per heavy atom. The molecular weight excluding hydrogens is 530 g/mol. The number of hydrogen-bond acceptors (Lipinski definition) is 7. The second kappa shape index (κ2) is 12.5. The monoisotopic (exact) mass is 563 g/mol. The highest BCUT2D eigenvalue weighted by atomic mass is 32.1. The molecule has 9 nitrogen and oxygen atoms in total. The van der Waals surface area contributed by atoms with Crippen molar-refractivity contribution >= 4 is 29.1 Å². The van der Waals surface area contributed by atoms with Gasteiger partial charge in [-0.25, -0.2) is 0 Å². The molecule has 2 N–H and O–H groups in total. The number of nitrogens with one attached hydrogen (secondary N) is 2. The lowest BCUT2D eigenvalue weighted by atomic mass is 10.0. The number of aryl methyl sites for hydroxylation is 1. The molecule has 0 aliphatic carbocycles. The zero-order valence-electron chi connectivity index (χ0n) is 22.6. The first kappa shape index (κ1) is 27.7. The van der Waals surface area contributed by atoms with Gasteiger partial charge in [0.15, 0.2) is 0 Å². The van der Waals surface area contributed by atoms with E-state index in [0.717, 1.165) is 10.4 Å². The van der Waals surface area contributed by atoms with Crippen molar-refractivity contribution < 1.29 is 28.6 Å². The molecule has 1 aromatic heterocycles. The fourth-order valence-corrected chi connectivity index (χ4v) is 5.62. The second-order valence-electron chi connectivity index (χ2n) is 10.0. The molecule has 10 heteroatoms. The summed E-state index contributed by atoms with van der Waals surface area (Å²) in [4.78, 5) is 41.7. The van der Waals surface area contributed by atoms with Crippen molar-refractivity contribution in [2.24, 2.45) is 0 Å². The van der Waals surface area contributed by atoms with Gasteiger partial charge in [-0.2, -0.15) is 0 Å². The molecule has 0 saturated carbocycles. The molecule has 210 valence electrons. The van der Waals surface area contributed by atoms with Crippen LogP contribution in [0.5, 0.6) is 17.2 Å². The van der Waals surface area contributed by atoms with E-state index >= 15 is 0 Å². The Bertz CT molecular complexity index is 1390. The highest BCUT2D eigenvalue weighted by Gasteiger charge is 2.34. The number of methoxy groups -OCH3 is 1. The molecule has 3 heterocycles. The van der Waals surface area contributed by atoms with E-state index in [1.54, 1.807) is 34.4 Å². The Morgan fingerprint density at radius 2 is 2.00 bits per heavy atom. The third-order valence-corrected chi connectivity index (χ3v) is 7.86. The number of amides is 3. The van der Waals surface area contributed by atoms with Gasteiger partial charge in [-0.05, 0) is 55.7 Å². The molecule has 2 atom stereocenters. The summed E-state index contributed by atoms with van der Waals surface area (Å²) in [6.07, 6.45) is 1.03. The first-order valence-corrected chi connectivity index (χ1v) is 14.3. The molecule has 40 heavy (non-hydrogen) atoms. The molecule has 1 saturated heterocycles. The smallest absolute Gasteiger partial charge is 0.254 e. The molecule has 2 aromatic carbocycles. The summed E-state index contributed by atoms with van der Waals surface area (Å²) in [5.74, 6) is 1.11. The predicted octanol–water partition coefficient (Wildman–Crippen LogP) is 4.30. The van der Waals surface area contributed by atoms with Gasteiger partial charge in [0.2, 0.25) is 5.91 Å². The predicted molar refractivity (Wildman–Crippen MR) is 151 cm³/mol. The summed E-state index contributed by atoms with van der Waals surface area (Å²) in [6, 6.07) is 14.1. The standard InChI is InChI=1S/C30H33N3O6S/c1-19-11-22(18-40-19)30(36)33-10-8-27-26(16-33)32-28(34)7-4-9-31-29(35)21-13-24(37-2)15-25(14-21)39-23-6-3-5-20(12-23)17-38-27/h3,5-6,11-15,18,26-27H,4,7-10,16-17H2,1-2H3,(H,31,35)(H,32,34)/t26-,27-/m0/s1. The van der Waals surface area contributed by atoms with E-state index in [9.17, 15) is 14.4 Å². The van der Waals surface area contributed by atoms with Gasteiger partial charge in [-0.3, -0.25) is 14.4 Å². The van der Waals surface area contributed by atoms with Crippen LogP contribution in [0, 0.1) is 6.92 Å². The van der Waals surface area contributed by atoms with Crippen LogP contribution in [0.1, 0.15) is 50.4 Å². The number of piperidine rings is 1. The van der Waals surface area contributed by atoms with Crippen LogP contribution in [0.25, 0.3) is 0 Å². The van der Waals surface area contributed by atoms with Crippen molar-refractivity contribution in [2.75, 3.05) is 26.7 Å². The number of nitrogens with zero attached hydrogens (tertiary/aromatic N) is 1. The van der Waals surface area contributed by atoms with Crippen LogP contribution in [0.4, 0.5) is 0 Å². The topological polar surface area (TPSA) is 106 Å². The van der Waals surface area contributed by atoms with Crippen molar-refractivity contribution in [3.05, 3.63) is 75.5 Å². The van der Waals surface area contributed by atoms with Crippen LogP contribution >= 0.6 is 11.3 Å². The average Bonchev–Trinajstić information content (AvgIpc) is 3.39. The van der Waals surface area contributed by atoms with Crippen LogP contribution in [-0.2, 0) is 16.1 Å². The first-order valence-electron chi connectivity index (χ1n) is 13.4. The molecule has 0 spiro atoms. The summed E-state index contributed by atoms with van der Waals surface area (Å²) in [7, 11) is 1.53. The Kier molecular flexibility index (Phi) is 8.66. The SMILES string of the molecule is COc1cc2cc(c1)C(=O)NCCCC(=O)N[C@H]1CN(C(=O)c3csc(C)c3)CC[C@@H]1OCc1cccc(c1)O2. The fourth-order valence-electron chi connectivity index (χ4n) is 4.94. The molecule has 0 radical (unpaired) electrons. The van der Waals surface area contributed by atoms with Gasteiger partial charge >= 0.3 is 0 Å². The quantitative estimate of drug-likeness (QED) is 0.482. The van der Waals surface area contributed by atoms with Gasteiger partial charge < -0.3 is 29.7 Å². The first-order chi connectivity index (χ1) is 19.4. The zero-order valence-corrected chi connectivity index (χ0v) is 23.4.